The lowest BCUT2D eigenvalue weighted by atomic mass is 10.2. The highest BCUT2D eigenvalue weighted by Crippen LogP contribution is 2.09. The molecule has 4 heteroatoms. The van der Waals surface area contributed by atoms with Crippen molar-refractivity contribution in [3.8, 4) is 0 Å². The van der Waals surface area contributed by atoms with Crippen LogP contribution >= 0.6 is 0 Å². The molecule has 0 saturated carbocycles. The summed E-state index contributed by atoms with van der Waals surface area (Å²) in [6, 6.07) is 0. The topological polar surface area (TPSA) is 43.1 Å². The van der Waals surface area contributed by atoms with Crippen LogP contribution in [-0.2, 0) is 0 Å². The molecule has 0 aliphatic heterocycles. The van der Waals surface area contributed by atoms with E-state index in [1.807, 2.05) is 13.8 Å². The predicted octanol–water partition coefficient (Wildman–Crippen LogP) is 2.27. The lowest BCUT2D eigenvalue weighted by Crippen LogP contribution is -1.91. The van der Waals surface area contributed by atoms with Gasteiger partial charge in [-0.05, 0) is 0 Å². The third-order valence-corrected chi connectivity index (χ3v) is 1.67. The zero-order valence-corrected chi connectivity index (χ0v) is 9.10. The van der Waals surface area contributed by atoms with Gasteiger partial charge in [-0.15, -0.1) is 0 Å². The zero-order chi connectivity index (χ0) is 10.6. The van der Waals surface area contributed by atoms with Gasteiger partial charge in [0, 0.05) is 18.3 Å². The fourth-order valence-electron chi connectivity index (χ4n) is 1.01. The molecule has 2 aromatic rings. The van der Waals surface area contributed by atoms with Crippen molar-refractivity contribution in [2.45, 2.75) is 33.6 Å². The summed E-state index contributed by atoms with van der Waals surface area (Å²) < 4.78 is 1.74. The predicted molar refractivity (Wildman–Crippen MR) is 56.2 cm³/mol. The summed E-state index contributed by atoms with van der Waals surface area (Å²) in [6.07, 6.45) is 5.21. The molecule has 0 amide bonds. The van der Waals surface area contributed by atoms with Gasteiger partial charge < -0.3 is 0 Å². The minimum atomic E-state index is 0.366. The van der Waals surface area contributed by atoms with Crippen molar-refractivity contribution >= 4 is 5.65 Å². The van der Waals surface area contributed by atoms with Crippen LogP contribution in [0.2, 0.25) is 0 Å². The van der Waals surface area contributed by atoms with Crippen LogP contribution in [0.25, 0.3) is 5.65 Å². The van der Waals surface area contributed by atoms with Crippen LogP contribution in [0.5, 0.6) is 0 Å². The Morgan fingerprint density at radius 3 is 2.57 bits per heavy atom. The van der Waals surface area contributed by atoms with Gasteiger partial charge in [-0.3, -0.25) is 4.98 Å². The molecule has 0 aliphatic carbocycles. The first kappa shape index (κ1) is 10.6. The van der Waals surface area contributed by atoms with Crippen LogP contribution in [0.1, 0.15) is 39.4 Å². The molecule has 0 radical (unpaired) electrons. The molecule has 0 bridgehead atoms. The number of hydrogen-bond acceptors (Lipinski definition) is 3. The van der Waals surface area contributed by atoms with Gasteiger partial charge in [-0.1, -0.05) is 27.7 Å². The fourth-order valence-corrected chi connectivity index (χ4v) is 1.01. The molecule has 76 valence electrons. The summed E-state index contributed by atoms with van der Waals surface area (Å²) in [5.74, 6) is 1.23. The average molecular weight is 192 g/mol. The molecular weight excluding hydrogens is 176 g/mol. The largest absolute Gasteiger partial charge is 0.259 e. The Morgan fingerprint density at radius 1 is 1.29 bits per heavy atom. The Bertz CT molecular complexity index is 359. The van der Waals surface area contributed by atoms with Gasteiger partial charge >= 0.3 is 0 Å². The van der Waals surface area contributed by atoms with E-state index in [4.69, 9.17) is 0 Å². The average Bonchev–Trinajstić information content (AvgIpc) is 2.64. The Kier molecular flexibility index (Phi) is 3.56. The first-order valence-corrected chi connectivity index (χ1v) is 4.93. The number of hydrogen-bond donors (Lipinski definition) is 0. The van der Waals surface area contributed by atoms with Crippen molar-refractivity contribution in [2.24, 2.45) is 0 Å². The monoisotopic (exact) mass is 192 g/mol. The van der Waals surface area contributed by atoms with Gasteiger partial charge in [-0.2, -0.15) is 5.10 Å². The summed E-state index contributed by atoms with van der Waals surface area (Å²) in [7, 11) is 0. The van der Waals surface area contributed by atoms with Crippen molar-refractivity contribution in [3.63, 3.8) is 0 Å². The minimum absolute atomic E-state index is 0.366. The van der Waals surface area contributed by atoms with Crippen LogP contribution in [0.15, 0.2) is 18.6 Å². The van der Waals surface area contributed by atoms with E-state index in [2.05, 4.69) is 28.9 Å². The quantitative estimate of drug-likeness (QED) is 0.696. The van der Waals surface area contributed by atoms with E-state index in [0.29, 0.717) is 5.92 Å². The molecule has 2 aromatic heterocycles. The van der Waals surface area contributed by atoms with Gasteiger partial charge in [0.25, 0.3) is 0 Å². The molecular formula is C10H16N4. The number of rotatable bonds is 1. The van der Waals surface area contributed by atoms with Gasteiger partial charge in [0.1, 0.15) is 0 Å². The third-order valence-electron chi connectivity index (χ3n) is 1.67. The number of nitrogens with zero attached hydrogens (tertiary/aromatic N) is 4. The minimum Gasteiger partial charge on any atom is -0.259 e. The van der Waals surface area contributed by atoms with Crippen LogP contribution in [0, 0.1) is 0 Å². The Hall–Kier alpha value is -1.45. The molecule has 14 heavy (non-hydrogen) atoms. The highest BCUT2D eigenvalue weighted by Gasteiger charge is 2.05. The van der Waals surface area contributed by atoms with Crippen LogP contribution in [-0.4, -0.2) is 19.6 Å². The molecule has 0 atom stereocenters. The van der Waals surface area contributed by atoms with E-state index in [0.717, 1.165) is 11.5 Å². The lowest BCUT2D eigenvalue weighted by molar-refractivity contribution is 0.765. The van der Waals surface area contributed by atoms with Crippen molar-refractivity contribution in [2.75, 3.05) is 0 Å². The third kappa shape index (κ3) is 2.07. The molecule has 0 aromatic carbocycles. The number of aromatic nitrogens is 4. The zero-order valence-electron chi connectivity index (χ0n) is 9.10. The van der Waals surface area contributed by atoms with Crippen molar-refractivity contribution in [1.29, 1.82) is 0 Å². The van der Waals surface area contributed by atoms with Gasteiger partial charge in [0.2, 0.25) is 0 Å². The SMILES string of the molecule is CC.CC(C)c1nc2cnccn2n1. The standard InChI is InChI=1S/C8H10N4.C2H6/c1-6(2)8-10-7-5-9-3-4-12(7)11-8;1-2/h3-6H,1-2H3;1-2H3. The molecule has 2 heterocycles. The van der Waals surface area contributed by atoms with Gasteiger partial charge in [0.05, 0.1) is 6.20 Å². The van der Waals surface area contributed by atoms with Crippen molar-refractivity contribution in [1.82, 2.24) is 19.6 Å². The highest BCUT2D eigenvalue weighted by atomic mass is 15.3. The first-order valence-electron chi connectivity index (χ1n) is 4.93. The Morgan fingerprint density at radius 2 is 2.00 bits per heavy atom. The van der Waals surface area contributed by atoms with Crippen LogP contribution in [0.3, 0.4) is 0 Å². The fraction of sp³-hybridized carbons (Fsp3) is 0.500. The molecule has 2 rings (SSSR count). The lowest BCUT2D eigenvalue weighted by Gasteiger charge is -1.92. The second-order valence-corrected chi connectivity index (χ2v) is 3.00. The highest BCUT2D eigenvalue weighted by molar-refractivity contribution is 5.33. The summed E-state index contributed by atoms with van der Waals surface area (Å²) >= 11 is 0. The maximum Gasteiger partial charge on any atom is 0.173 e. The summed E-state index contributed by atoms with van der Waals surface area (Å²) in [5, 5.41) is 4.28. The Labute approximate surface area is 84.0 Å². The Balaban J connectivity index is 0.000000461. The van der Waals surface area contributed by atoms with Crippen LogP contribution < -0.4 is 0 Å². The normalized spacial score (nSPS) is 10.1. The number of fused-ring (bicyclic) bond motifs is 1. The van der Waals surface area contributed by atoms with E-state index in [-0.39, 0.29) is 0 Å². The summed E-state index contributed by atoms with van der Waals surface area (Å²) in [5.41, 5.74) is 0.807. The van der Waals surface area contributed by atoms with E-state index in [9.17, 15) is 0 Å². The van der Waals surface area contributed by atoms with Gasteiger partial charge in [0.15, 0.2) is 11.5 Å². The molecule has 0 spiro atoms. The second-order valence-electron chi connectivity index (χ2n) is 3.00. The molecule has 0 saturated heterocycles. The van der Waals surface area contributed by atoms with E-state index in [1.54, 1.807) is 23.1 Å². The molecule has 0 unspecified atom stereocenters. The maximum absolute atomic E-state index is 4.30. The van der Waals surface area contributed by atoms with E-state index in [1.165, 1.54) is 0 Å². The van der Waals surface area contributed by atoms with Gasteiger partial charge in [-0.25, -0.2) is 9.50 Å². The summed E-state index contributed by atoms with van der Waals surface area (Å²) in [6.45, 7) is 8.14. The summed E-state index contributed by atoms with van der Waals surface area (Å²) in [4.78, 5) is 8.26. The molecule has 4 nitrogen and oxygen atoms in total. The smallest absolute Gasteiger partial charge is 0.173 e. The second kappa shape index (κ2) is 4.69. The van der Waals surface area contributed by atoms with Crippen molar-refractivity contribution in [3.05, 3.63) is 24.4 Å². The molecule has 0 N–H and O–H groups in total. The molecule has 0 aliphatic rings. The first-order chi connectivity index (χ1) is 6.77. The van der Waals surface area contributed by atoms with E-state index < -0.39 is 0 Å². The maximum atomic E-state index is 4.30. The van der Waals surface area contributed by atoms with Crippen LogP contribution in [0.4, 0.5) is 0 Å². The molecule has 0 fully saturated rings. The van der Waals surface area contributed by atoms with Crippen molar-refractivity contribution < 1.29 is 0 Å². The van der Waals surface area contributed by atoms with E-state index >= 15 is 0 Å².